The second-order valence-corrected chi connectivity index (χ2v) is 7.25. The first kappa shape index (κ1) is 21.2. The third kappa shape index (κ3) is 4.09. The van der Waals surface area contributed by atoms with Crippen LogP contribution in [0.15, 0.2) is 66.7 Å². The first-order chi connectivity index (χ1) is 15.5. The number of nitrogens with one attached hydrogen (secondary N) is 1. The molecule has 164 valence electrons. The molecule has 0 saturated carbocycles. The van der Waals surface area contributed by atoms with Gasteiger partial charge in [0, 0.05) is 17.2 Å². The standard InChI is InChI=1S/C25H23NO6/c1-15(24(27)26-19-14-16(29-2)12-13-22(19)30-3)31-25(28)23-17-8-4-6-10-20(17)32-21-11-7-5-9-18(21)23/h4-15,23H,1-3H3,(H,26,27). The molecule has 0 bridgehead atoms. The van der Waals surface area contributed by atoms with Crippen molar-refractivity contribution in [3.05, 3.63) is 77.9 Å². The van der Waals surface area contributed by atoms with Crippen LogP contribution in [0.1, 0.15) is 24.0 Å². The highest BCUT2D eigenvalue weighted by Gasteiger charge is 2.35. The van der Waals surface area contributed by atoms with Gasteiger partial charge in [0.2, 0.25) is 0 Å². The highest BCUT2D eigenvalue weighted by molar-refractivity contribution is 5.97. The van der Waals surface area contributed by atoms with Gasteiger partial charge < -0.3 is 24.3 Å². The minimum absolute atomic E-state index is 0.418. The number of amides is 1. The fraction of sp³-hybridized carbons (Fsp3) is 0.200. The van der Waals surface area contributed by atoms with Crippen LogP contribution >= 0.6 is 0 Å². The third-order valence-corrected chi connectivity index (χ3v) is 5.24. The van der Waals surface area contributed by atoms with Gasteiger partial charge in [0.05, 0.1) is 19.9 Å². The molecule has 1 heterocycles. The molecule has 7 heteroatoms. The normalized spacial score (nSPS) is 13.1. The van der Waals surface area contributed by atoms with E-state index in [0.717, 1.165) is 0 Å². The number of para-hydroxylation sites is 2. The van der Waals surface area contributed by atoms with Gasteiger partial charge in [-0.2, -0.15) is 0 Å². The molecule has 0 saturated heterocycles. The Morgan fingerprint density at radius 1 is 0.906 bits per heavy atom. The average molecular weight is 433 g/mol. The Kier molecular flexibility index (Phi) is 5.98. The molecule has 1 atom stereocenters. The summed E-state index contributed by atoms with van der Waals surface area (Å²) in [5.74, 6) is 0.480. The Bertz CT molecular complexity index is 1110. The SMILES string of the molecule is COc1ccc(OC)c(NC(=O)C(C)OC(=O)C2c3ccccc3Oc3ccccc32)c1. The molecule has 0 radical (unpaired) electrons. The van der Waals surface area contributed by atoms with Crippen LogP contribution in [0.4, 0.5) is 5.69 Å². The number of carbonyl (C=O) groups excluding carboxylic acids is 2. The topological polar surface area (TPSA) is 83.1 Å². The number of hydrogen-bond donors (Lipinski definition) is 1. The van der Waals surface area contributed by atoms with E-state index in [2.05, 4.69) is 5.32 Å². The van der Waals surface area contributed by atoms with E-state index in [0.29, 0.717) is 39.8 Å². The van der Waals surface area contributed by atoms with Gasteiger partial charge in [-0.25, -0.2) is 0 Å². The molecule has 7 nitrogen and oxygen atoms in total. The van der Waals surface area contributed by atoms with E-state index in [-0.39, 0.29) is 0 Å². The van der Waals surface area contributed by atoms with Crippen LogP contribution in [-0.4, -0.2) is 32.2 Å². The maximum Gasteiger partial charge on any atom is 0.318 e. The van der Waals surface area contributed by atoms with E-state index in [9.17, 15) is 9.59 Å². The second-order valence-electron chi connectivity index (χ2n) is 7.25. The zero-order chi connectivity index (χ0) is 22.7. The molecular formula is C25H23NO6. The van der Waals surface area contributed by atoms with Crippen LogP contribution in [0.2, 0.25) is 0 Å². The lowest BCUT2D eigenvalue weighted by atomic mass is 9.88. The van der Waals surface area contributed by atoms with Gasteiger partial charge in [-0.3, -0.25) is 9.59 Å². The van der Waals surface area contributed by atoms with E-state index in [1.165, 1.54) is 21.1 Å². The summed E-state index contributed by atoms with van der Waals surface area (Å²) >= 11 is 0. The number of methoxy groups -OCH3 is 2. The van der Waals surface area contributed by atoms with Gasteiger partial charge >= 0.3 is 5.97 Å². The van der Waals surface area contributed by atoms with Crippen molar-refractivity contribution >= 4 is 17.6 Å². The van der Waals surface area contributed by atoms with Gasteiger partial charge in [-0.05, 0) is 31.2 Å². The molecule has 1 aliphatic heterocycles. The van der Waals surface area contributed by atoms with Gasteiger partial charge in [0.25, 0.3) is 5.91 Å². The first-order valence-electron chi connectivity index (χ1n) is 10.1. The van der Waals surface area contributed by atoms with Crippen molar-refractivity contribution < 1.29 is 28.5 Å². The summed E-state index contributed by atoms with van der Waals surface area (Å²) in [6.45, 7) is 1.52. The Morgan fingerprint density at radius 2 is 1.53 bits per heavy atom. The molecule has 0 aliphatic carbocycles. The first-order valence-corrected chi connectivity index (χ1v) is 10.1. The fourth-order valence-corrected chi connectivity index (χ4v) is 3.61. The largest absolute Gasteiger partial charge is 0.497 e. The van der Waals surface area contributed by atoms with E-state index >= 15 is 0 Å². The number of anilines is 1. The molecule has 1 aliphatic rings. The molecule has 0 aromatic heterocycles. The number of ether oxygens (including phenoxy) is 4. The minimum Gasteiger partial charge on any atom is -0.497 e. The molecule has 4 rings (SSSR count). The molecular weight excluding hydrogens is 410 g/mol. The van der Waals surface area contributed by atoms with Crippen molar-refractivity contribution in [1.29, 1.82) is 0 Å². The number of rotatable bonds is 6. The van der Waals surface area contributed by atoms with Crippen molar-refractivity contribution in [2.45, 2.75) is 18.9 Å². The lowest BCUT2D eigenvalue weighted by Gasteiger charge is -2.27. The van der Waals surface area contributed by atoms with Crippen LogP contribution in [0.25, 0.3) is 0 Å². The molecule has 0 spiro atoms. The van der Waals surface area contributed by atoms with Crippen molar-refractivity contribution in [3.63, 3.8) is 0 Å². The Balaban J connectivity index is 1.54. The summed E-state index contributed by atoms with van der Waals surface area (Å²) in [6.07, 6.45) is -1.04. The van der Waals surface area contributed by atoms with Crippen molar-refractivity contribution in [2.75, 3.05) is 19.5 Å². The van der Waals surface area contributed by atoms with Crippen molar-refractivity contribution in [1.82, 2.24) is 0 Å². The molecule has 0 fully saturated rings. The number of fused-ring (bicyclic) bond motifs is 2. The lowest BCUT2D eigenvalue weighted by Crippen LogP contribution is -2.32. The Labute approximate surface area is 185 Å². The van der Waals surface area contributed by atoms with Crippen LogP contribution in [0.3, 0.4) is 0 Å². The lowest BCUT2D eigenvalue weighted by molar-refractivity contribution is -0.153. The maximum absolute atomic E-state index is 13.2. The van der Waals surface area contributed by atoms with Gasteiger partial charge in [-0.1, -0.05) is 36.4 Å². The summed E-state index contributed by atoms with van der Waals surface area (Å²) in [6, 6.07) is 19.6. The third-order valence-electron chi connectivity index (χ3n) is 5.24. The number of carbonyl (C=O) groups is 2. The smallest absolute Gasteiger partial charge is 0.318 e. The summed E-state index contributed by atoms with van der Waals surface area (Å²) in [5.41, 5.74) is 1.80. The van der Waals surface area contributed by atoms with Crippen LogP contribution in [0.5, 0.6) is 23.0 Å². The predicted octanol–water partition coefficient (Wildman–Crippen LogP) is 4.51. The molecule has 3 aromatic carbocycles. The Morgan fingerprint density at radius 3 is 2.12 bits per heavy atom. The zero-order valence-corrected chi connectivity index (χ0v) is 18.0. The highest BCUT2D eigenvalue weighted by Crippen LogP contribution is 2.44. The molecule has 3 aromatic rings. The van der Waals surface area contributed by atoms with Crippen LogP contribution < -0.4 is 19.5 Å². The predicted molar refractivity (Wildman–Crippen MR) is 119 cm³/mol. The number of hydrogen-bond acceptors (Lipinski definition) is 6. The summed E-state index contributed by atoms with van der Waals surface area (Å²) in [5, 5.41) is 2.74. The fourth-order valence-electron chi connectivity index (χ4n) is 3.61. The monoisotopic (exact) mass is 433 g/mol. The number of esters is 1. The van der Waals surface area contributed by atoms with E-state index in [1.807, 2.05) is 36.4 Å². The van der Waals surface area contributed by atoms with Gasteiger partial charge in [0.1, 0.15) is 28.9 Å². The quantitative estimate of drug-likeness (QED) is 0.576. The molecule has 32 heavy (non-hydrogen) atoms. The maximum atomic E-state index is 13.2. The average Bonchev–Trinajstić information content (AvgIpc) is 2.82. The van der Waals surface area contributed by atoms with Gasteiger partial charge in [-0.15, -0.1) is 0 Å². The second kappa shape index (κ2) is 9.01. The molecule has 1 amide bonds. The van der Waals surface area contributed by atoms with E-state index < -0.39 is 23.9 Å². The van der Waals surface area contributed by atoms with Crippen molar-refractivity contribution in [2.24, 2.45) is 0 Å². The zero-order valence-electron chi connectivity index (χ0n) is 18.0. The molecule has 1 N–H and O–H groups in total. The summed E-state index contributed by atoms with van der Waals surface area (Å²) < 4.78 is 22.0. The van der Waals surface area contributed by atoms with Crippen molar-refractivity contribution in [3.8, 4) is 23.0 Å². The van der Waals surface area contributed by atoms with E-state index in [1.54, 1.807) is 30.3 Å². The number of benzene rings is 3. The Hall–Kier alpha value is -4.00. The minimum atomic E-state index is -1.04. The molecule has 1 unspecified atom stereocenters. The highest BCUT2D eigenvalue weighted by atomic mass is 16.5. The summed E-state index contributed by atoms with van der Waals surface area (Å²) in [7, 11) is 3.03. The van der Waals surface area contributed by atoms with E-state index in [4.69, 9.17) is 18.9 Å². The van der Waals surface area contributed by atoms with Crippen LogP contribution in [-0.2, 0) is 14.3 Å². The van der Waals surface area contributed by atoms with Crippen LogP contribution in [0, 0.1) is 0 Å². The van der Waals surface area contributed by atoms with Gasteiger partial charge in [0.15, 0.2) is 6.10 Å². The summed E-state index contributed by atoms with van der Waals surface area (Å²) in [4.78, 5) is 26.0.